The van der Waals surface area contributed by atoms with Gasteiger partial charge in [-0.1, -0.05) is 13.8 Å². The molecular formula is C10H20N2O. The van der Waals surface area contributed by atoms with Crippen LogP contribution in [-0.4, -0.2) is 18.5 Å². The molecule has 13 heavy (non-hydrogen) atoms. The van der Waals surface area contributed by atoms with Crippen LogP contribution in [0.15, 0.2) is 0 Å². The molecule has 0 aromatic rings. The van der Waals surface area contributed by atoms with E-state index in [0.29, 0.717) is 12.7 Å². The molecule has 3 heteroatoms. The Hall–Kier alpha value is -0.570. The van der Waals surface area contributed by atoms with E-state index >= 15 is 0 Å². The number of amidine groups is 1. The first-order valence-electron chi connectivity index (χ1n) is 5.02. The van der Waals surface area contributed by atoms with Gasteiger partial charge in [-0.25, -0.2) is 0 Å². The molecule has 76 valence electrons. The number of hydrogen-bond acceptors (Lipinski definition) is 2. The smallest absolute Gasteiger partial charge is 0.117 e. The van der Waals surface area contributed by atoms with Crippen LogP contribution in [0.3, 0.4) is 0 Å². The number of rotatable bonds is 3. The Morgan fingerprint density at radius 2 is 1.85 bits per heavy atom. The van der Waals surface area contributed by atoms with Crippen LogP contribution in [0.25, 0.3) is 0 Å². The maximum atomic E-state index is 7.07. The number of ether oxygens (including phenoxy) is 1. The lowest BCUT2D eigenvalue weighted by Gasteiger charge is -2.31. The second-order valence-corrected chi connectivity index (χ2v) is 4.38. The monoisotopic (exact) mass is 184 g/mol. The second-order valence-electron chi connectivity index (χ2n) is 4.38. The average Bonchev–Trinajstić information content (AvgIpc) is 1.99. The van der Waals surface area contributed by atoms with Gasteiger partial charge in [0.15, 0.2) is 0 Å². The van der Waals surface area contributed by atoms with E-state index in [2.05, 4.69) is 13.8 Å². The number of nitrogens with one attached hydrogen (secondary N) is 1. The summed E-state index contributed by atoms with van der Waals surface area (Å²) in [5.41, 5.74) is 5.24. The van der Waals surface area contributed by atoms with Gasteiger partial charge >= 0.3 is 0 Å². The first kappa shape index (κ1) is 10.5. The van der Waals surface area contributed by atoms with Crippen LogP contribution in [0.4, 0.5) is 0 Å². The van der Waals surface area contributed by atoms with E-state index in [4.69, 9.17) is 15.9 Å². The summed E-state index contributed by atoms with van der Waals surface area (Å²) < 4.78 is 5.54. The van der Waals surface area contributed by atoms with Crippen LogP contribution < -0.4 is 5.73 Å². The Kier molecular flexibility index (Phi) is 3.72. The van der Waals surface area contributed by atoms with Crippen molar-refractivity contribution >= 4 is 5.84 Å². The zero-order chi connectivity index (χ0) is 9.84. The fourth-order valence-electron chi connectivity index (χ4n) is 2.22. The number of nitrogens with two attached hydrogens (primary N) is 1. The van der Waals surface area contributed by atoms with E-state index in [0.717, 1.165) is 24.7 Å². The highest BCUT2D eigenvalue weighted by Crippen LogP contribution is 2.30. The SMILES string of the molecule is CC1CC(C)CC(OCC(=N)N)C1. The summed E-state index contributed by atoms with van der Waals surface area (Å²) in [7, 11) is 0. The molecule has 0 aliphatic heterocycles. The van der Waals surface area contributed by atoms with Gasteiger partial charge < -0.3 is 10.5 Å². The molecule has 3 N–H and O–H groups in total. The van der Waals surface area contributed by atoms with Gasteiger partial charge in [-0.05, 0) is 31.1 Å². The maximum absolute atomic E-state index is 7.07. The Morgan fingerprint density at radius 1 is 1.31 bits per heavy atom. The van der Waals surface area contributed by atoms with E-state index in [9.17, 15) is 0 Å². The van der Waals surface area contributed by atoms with Crippen molar-refractivity contribution in [1.82, 2.24) is 0 Å². The summed E-state index contributed by atoms with van der Waals surface area (Å²) in [4.78, 5) is 0. The molecule has 0 aromatic heterocycles. The Labute approximate surface area is 80.2 Å². The lowest BCUT2D eigenvalue weighted by atomic mass is 9.82. The van der Waals surface area contributed by atoms with Crippen LogP contribution in [0, 0.1) is 17.2 Å². The van der Waals surface area contributed by atoms with Crippen molar-refractivity contribution in [2.45, 2.75) is 39.2 Å². The summed E-state index contributed by atoms with van der Waals surface area (Å²) in [6.07, 6.45) is 3.87. The van der Waals surface area contributed by atoms with Crippen LogP contribution >= 0.6 is 0 Å². The van der Waals surface area contributed by atoms with Crippen molar-refractivity contribution in [3.8, 4) is 0 Å². The molecule has 2 atom stereocenters. The number of hydrogen-bond donors (Lipinski definition) is 2. The van der Waals surface area contributed by atoms with E-state index in [-0.39, 0.29) is 5.84 Å². The van der Waals surface area contributed by atoms with Crippen LogP contribution in [0.5, 0.6) is 0 Å². The molecule has 0 bridgehead atoms. The normalized spacial score (nSPS) is 34.5. The van der Waals surface area contributed by atoms with E-state index < -0.39 is 0 Å². The maximum Gasteiger partial charge on any atom is 0.117 e. The molecule has 1 rings (SSSR count). The highest BCUT2D eigenvalue weighted by atomic mass is 16.5. The van der Waals surface area contributed by atoms with Gasteiger partial charge in [-0.3, -0.25) is 5.41 Å². The molecule has 1 saturated carbocycles. The zero-order valence-corrected chi connectivity index (χ0v) is 8.55. The topological polar surface area (TPSA) is 59.1 Å². The van der Waals surface area contributed by atoms with Gasteiger partial charge in [0.1, 0.15) is 12.4 Å². The van der Waals surface area contributed by atoms with Crippen LogP contribution in [0.1, 0.15) is 33.1 Å². The standard InChI is InChI=1S/C10H20N2O/c1-7-3-8(2)5-9(4-7)13-6-10(11)12/h7-9H,3-6H2,1-2H3,(H3,11,12). The zero-order valence-electron chi connectivity index (χ0n) is 8.55. The molecule has 2 unspecified atom stereocenters. The van der Waals surface area contributed by atoms with Crippen molar-refractivity contribution in [3.05, 3.63) is 0 Å². The molecule has 1 fully saturated rings. The highest BCUT2D eigenvalue weighted by Gasteiger charge is 2.24. The average molecular weight is 184 g/mol. The summed E-state index contributed by atoms with van der Waals surface area (Å²) in [6, 6.07) is 0. The molecule has 0 radical (unpaired) electrons. The minimum absolute atomic E-state index is 0.130. The van der Waals surface area contributed by atoms with Crippen LogP contribution in [0.2, 0.25) is 0 Å². The molecule has 0 heterocycles. The van der Waals surface area contributed by atoms with Gasteiger partial charge in [0.05, 0.1) is 6.10 Å². The molecule has 0 spiro atoms. The van der Waals surface area contributed by atoms with E-state index in [1.165, 1.54) is 6.42 Å². The first-order chi connectivity index (χ1) is 6.08. The summed E-state index contributed by atoms with van der Waals surface area (Å²) in [5, 5.41) is 7.07. The minimum atomic E-state index is 0.130. The summed E-state index contributed by atoms with van der Waals surface area (Å²) in [6.45, 7) is 4.82. The van der Waals surface area contributed by atoms with Gasteiger partial charge in [0.2, 0.25) is 0 Å². The van der Waals surface area contributed by atoms with Crippen molar-refractivity contribution in [2.75, 3.05) is 6.61 Å². The molecule has 1 aliphatic carbocycles. The third kappa shape index (κ3) is 3.77. The fraction of sp³-hybridized carbons (Fsp3) is 0.900. The molecular weight excluding hydrogens is 164 g/mol. The van der Waals surface area contributed by atoms with Crippen molar-refractivity contribution < 1.29 is 4.74 Å². The minimum Gasteiger partial charge on any atom is -0.386 e. The van der Waals surface area contributed by atoms with Gasteiger partial charge in [0, 0.05) is 0 Å². The van der Waals surface area contributed by atoms with E-state index in [1.54, 1.807) is 0 Å². The molecule has 1 aliphatic rings. The summed E-state index contributed by atoms with van der Waals surface area (Å²) >= 11 is 0. The fourth-order valence-corrected chi connectivity index (χ4v) is 2.22. The van der Waals surface area contributed by atoms with Gasteiger partial charge in [-0.2, -0.15) is 0 Å². The van der Waals surface area contributed by atoms with Gasteiger partial charge in [-0.15, -0.1) is 0 Å². The highest BCUT2D eigenvalue weighted by molar-refractivity contribution is 5.78. The van der Waals surface area contributed by atoms with Crippen molar-refractivity contribution in [2.24, 2.45) is 17.6 Å². The quantitative estimate of drug-likeness (QED) is 0.518. The van der Waals surface area contributed by atoms with Gasteiger partial charge in [0.25, 0.3) is 0 Å². The van der Waals surface area contributed by atoms with Crippen LogP contribution in [-0.2, 0) is 4.74 Å². The Balaban J connectivity index is 2.28. The predicted molar refractivity (Wildman–Crippen MR) is 53.8 cm³/mol. The Morgan fingerprint density at radius 3 is 2.31 bits per heavy atom. The van der Waals surface area contributed by atoms with E-state index in [1.807, 2.05) is 0 Å². The molecule has 0 saturated heterocycles. The lowest BCUT2D eigenvalue weighted by molar-refractivity contribution is 0.0204. The third-order valence-electron chi connectivity index (χ3n) is 2.61. The van der Waals surface area contributed by atoms with Crippen molar-refractivity contribution in [3.63, 3.8) is 0 Å². The largest absolute Gasteiger partial charge is 0.386 e. The van der Waals surface area contributed by atoms with Crippen molar-refractivity contribution in [1.29, 1.82) is 5.41 Å². The predicted octanol–water partition coefficient (Wildman–Crippen LogP) is 1.76. The first-order valence-corrected chi connectivity index (χ1v) is 5.02. The summed E-state index contributed by atoms with van der Waals surface area (Å²) in [5.74, 6) is 1.63. The Bertz CT molecular complexity index is 172. The third-order valence-corrected chi connectivity index (χ3v) is 2.61. The molecule has 3 nitrogen and oxygen atoms in total. The molecule has 0 amide bonds. The lowest BCUT2D eigenvalue weighted by Crippen LogP contribution is -2.29. The molecule has 0 aromatic carbocycles. The second kappa shape index (κ2) is 4.61.